The van der Waals surface area contributed by atoms with Crippen LogP contribution in [-0.2, 0) is 17.8 Å². The molecule has 2 aromatic rings. The first-order chi connectivity index (χ1) is 10.7. The van der Waals surface area contributed by atoms with Crippen LogP contribution >= 0.6 is 22.7 Å². The van der Waals surface area contributed by atoms with E-state index in [9.17, 15) is 0 Å². The topological polar surface area (TPSA) is 25.4 Å². The zero-order valence-electron chi connectivity index (χ0n) is 13.3. The lowest BCUT2D eigenvalue weighted by Crippen LogP contribution is -2.31. The van der Waals surface area contributed by atoms with E-state index in [1.54, 1.807) is 11.3 Å². The fraction of sp³-hybridized carbons (Fsp3) is 0.588. The van der Waals surface area contributed by atoms with Crippen LogP contribution in [0.3, 0.4) is 0 Å². The number of hydrogen-bond acceptors (Lipinski definition) is 5. The zero-order valence-corrected chi connectivity index (χ0v) is 15.0. The maximum Gasteiger partial charge on any atom is 0.0954 e. The Bertz CT molecular complexity index is 559. The number of thiazole rings is 1. The van der Waals surface area contributed by atoms with Crippen LogP contribution in [0, 0.1) is 0 Å². The fourth-order valence-corrected chi connectivity index (χ4v) is 4.35. The van der Waals surface area contributed by atoms with E-state index in [2.05, 4.69) is 41.6 Å². The van der Waals surface area contributed by atoms with Crippen molar-refractivity contribution in [2.75, 3.05) is 13.2 Å². The Balaban J connectivity index is 1.65. The molecule has 3 heterocycles. The molecule has 0 aliphatic carbocycles. The zero-order chi connectivity index (χ0) is 15.4. The van der Waals surface area contributed by atoms with Gasteiger partial charge in [0.1, 0.15) is 0 Å². The summed E-state index contributed by atoms with van der Waals surface area (Å²) in [7, 11) is 0. The van der Waals surface area contributed by atoms with Crippen molar-refractivity contribution >= 4 is 22.7 Å². The van der Waals surface area contributed by atoms with Crippen molar-refractivity contribution in [2.45, 2.75) is 51.8 Å². The van der Waals surface area contributed by atoms with Gasteiger partial charge in [-0.2, -0.15) is 0 Å². The number of aromatic nitrogens is 1. The molecule has 5 heteroatoms. The predicted octanol–water partition coefficient (Wildman–Crippen LogP) is 4.51. The smallest absolute Gasteiger partial charge is 0.0954 e. The number of ether oxygens (including phenoxy) is 1. The van der Waals surface area contributed by atoms with Gasteiger partial charge in [-0.15, -0.1) is 22.7 Å². The molecule has 0 unspecified atom stereocenters. The van der Waals surface area contributed by atoms with Gasteiger partial charge in [0.05, 0.1) is 16.8 Å². The van der Waals surface area contributed by atoms with Gasteiger partial charge in [-0.05, 0) is 24.3 Å². The minimum atomic E-state index is 0.392. The van der Waals surface area contributed by atoms with E-state index in [1.807, 2.05) is 11.3 Å². The van der Waals surface area contributed by atoms with E-state index in [0.29, 0.717) is 12.0 Å². The second-order valence-corrected chi connectivity index (χ2v) is 8.14. The van der Waals surface area contributed by atoms with Gasteiger partial charge >= 0.3 is 0 Å². The van der Waals surface area contributed by atoms with Crippen LogP contribution in [0.15, 0.2) is 22.9 Å². The molecule has 0 radical (unpaired) electrons. The molecule has 0 spiro atoms. The van der Waals surface area contributed by atoms with Crippen molar-refractivity contribution in [3.05, 3.63) is 38.5 Å². The summed E-state index contributed by atoms with van der Waals surface area (Å²) in [6.07, 6.45) is 2.78. The van der Waals surface area contributed by atoms with E-state index in [0.717, 1.165) is 26.2 Å². The first-order valence-electron chi connectivity index (χ1n) is 8.01. The minimum Gasteiger partial charge on any atom is -0.377 e. The summed E-state index contributed by atoms with van der Waals surface area (Å²) in [6.45, 7) is 8.25. The molecule has 22 heavy (non-hydrogen) atoms. The van der Waals surface area contributed by atoms with Gasteiger partial charge in [0.15, 0.2) is 0 Å². The lowest BCUT2D eigenvalue weighted by molar-refractivity contribution is 0.0679. The highest BCUT2D eigenvalue weighted by Gasteiger charge is 2.20. The van der Waals surface area contributed by atoms with Crippen LogP contribution < -0.4 is 0 Å². The SMILES string of the molecule is CC(C)c1nc(CN(Cc2cccs2)C[C@@H]2CCCO2)cs1. The van der Waals surface area contributed by atoms with Crippen LogP contribution in [0.25, 0.3) is 0 Å². The summed E-state index contributed by atoms with van der Waals surface area (Å²) >= 11 is 3.61. The molecule has 0 amide bonds. The summed E-state index contributed by atoms with van der Waals surface area (Å²) < 4.78 is 5.83. The van der Waals surface area contributed by atoms with E-state index in [4.69, 9.17) is 9.72 Å². The van der Waals surface area contributed by atoms with Gasteiger partial charge in [0.25, 0.3) is 0 Å². The predicted molar refractivity (Wildman–Crippen MR) is 93.6 cm³/mol. The summed E-state index contributed by atoms with van der Waals surface area (Å²) in [6, 6.07) is 4.34. The highest BCUT2D eigenvalue weighted by atomic mass is 32.1. The summed E-state index contributed by atoms with van der Waals surface area (Å²) in [5.74, 6) is 0.516. The van der Waals surface area contributed by atoms with Crippen molar-refractivity contribution in [3.63, 3.8) is 0 Å². The molecule has 0 aromatic carbocycles. The summed E-state index contributed by atoms with van der Waals surface area (Å²) in [5.41, 5.74) is 1.20. The van der Waals surface area contributed by atoms with Gasteiger partial charge in [-0.1, -0.05) is 19.9 Å². The maximum atomic E-state index is 5.83. The lowest BCUT2D eigenvalue weighted by Gasteiger charge is -2.24. The summed E-state index contributed by atoms with van der Waals surface area (Å²) in [5, 5.41) is 5.61. The second kappa shape index (κ2) is 7.68. The Morgan fingerprint density at radius 3 is 2.91 bits per heavy atom. The monoisotopic (exact) mass is 336 g/mol. The molecule has 1 saturated heterocycles. The number of thiophene rings is 1. The van der Waals surface area contributed by atoms with E-state index in [-0.39, 0.29) is 0 Å². The van der Waals surface area contributed by atoms with E-state index in [1.165, 1.54) is 28.4 Å². The summed E-state index contributed by atoms with van der Waals surface area (Å²) in [4.78, 5) is 8.69. The lowest BCUT2D eigenvalue weighted by atomic mass is 10.2. The van der Waals surface area contributed by atoms with Gasteiger partial charge in [-0.3, -0.25) is 4.90 Å². The van der Waals surface area contributed by atoms with E-state index < -0.39 is 0 Å². The van der Waals surface area contributed by atoms with Crippen LogP contribution in [-0.4, -0.2) is 29.1 Å². The average Bonchev–Trinajstić information content (AvgIpc) is 3.19. The molecule has 1 aliphatic rings. The Labute approximate surface area is 141 Å². The highest BCUT2D eigenvalue weighted by molar-refractivity contribution is 7.10. The Kier molecular flexibility index (Phi) is 5.63. The quantitative estimate of drug-likeness (QED) is 0.744. The molecular weight excluding hydrogens is 312 g/mol. The molecule has 0 bridgehead atoms. The normalized spacial score (nSPS) is 18.6. The first kappa shape index (κ1) is 16.1. The number of hydrogen-bond donors (Lipinski definition) is 0. The molecule has 1 atom stereocenters. The molecule has 2 aromatic heterocycles. The van der Waals surface area contributed by atoms with Gasteiger partial charge in [0.2, 0.25) is 0 Å². The molecule has 0 N–H and O–H groups in total. The van der Waals surface area contributed by atoms with Gasteiger partial charge in [0, 0.05) is 42.4 Å². The van der Waals surface area contributed by atoms with Crippen LogP contribution in [0.1, 0.15) is 48.2 Å². The first-order valence-corrected chi connectivity index (χ1v) is 9.77. The third kappa shape index (κ3) is 4.38. The number of rotatable bonds is 7. The Morgan fingerprint density at radius 1 is 1.36 bits per heavy atom. The Hall–Kier alpha value is -0.750. The molecule has 3 nitrogen and oxygen atoms in total. The van der Waals surface area contributed by atoms with Crippen molar-refractivity contribution in [1.29, 1.82) is 0 Å². The number of nitrogens with zero attached hydrogens (tertiary/aromatic N) is 2. The fourth-order valence-electron chi connectivity index (χ4n) is 2.77. The van der Waals surface area contributed by atoms with Crippen LogP contribution in [0.2, 0.25) is 0 Å². The standard InChI is InChI=1S/C17H24N2OS2/c1-13(2)17-18-14(12-22-17)9-19(10-15-5-3-7-20-15)11-16-6-4-8-21-16/h4,6,8,12-13,15H,3,5,7,9-11H2,1-2H3/t15-/m0/s1. The molecule has 1 aliphatic heterocycles. The molecular formula is C17H24N2OS2. The molecule has 0 saturated carbocycles. The molecule has 120 valence electrons. The highest BCUT2D eigenvalue weighted by Crippen LogP contribution is 2.22. The van der Waals surface area contributed by atoms with E-state index >= 15 is 0 Å². The molecule has 1 fully saturated rings. The van der Waals surface area contributed by atoms with Crippen molar-refractivity contribution in [1.82, 2.24) is 9.88 Å². The maximum absolute atomic E-state index is 5.83. The van der Waals surface area contributed by atoms with Crippen LogP contribution in [0.4, 0.5) is 0 Å². The van der Waals surface area contributed by atoms with Crippen molar-refractivity contribution < 1.29 is 4.74 Å². The minimum absolute atomic E-state index is 0.392. The van der Waals surface area contributed by atoms with Crippen molar-refractivity contribution in [3.8, 4) is 0 Å². The van der Waals surface area contributed by atoms with Gasteiger partial charge in [-0.25, -0.2) is 4.98 Å². The Morgan fingerprint density at radius 2 is 2.27 bits per heavy atom. The average molecular weight is 337 g/mol. The third-order valence-electron chi connectivity index (χ3n) is 3.89. The molecule has 3 rings (SSSR count). The van der Waals surface area contributed by atoms with Crippen molar-refractivity contribution in [2.24, 2.45) is 0 Å². The van der Waals surface area contributed by atoms with Gasteiger partial charge < -0.3 is 4.74 Å². The third-order valence-corrected chi connectivity index (χ3v) is 5.95. The second-order valence-electron chi connectivity index (χ2n) is 6.22. The van der Waals surface area contributed by atoms with Crippen LogP contribution in [0.5, 0.6) is 0 Å². The largest absolute Gasteiger partial charge is 0.377 e.